The highest BCUT2D eigenvalue weighted by molar-refractivity contribution is 5.87. The molecule has 0 fully saturated rings. The highest BCUT2D eigenvalue weighted by Gasteiger charge is 2.13. The van der Waals surface area contributed by atoms with E-state index in [4.69, 9.17) is 5.73 Å². The Morgan fingerprint density at radius 2 is 1.88 bits per heavy atom. The van der Waals surface area contributed by atoms with Crippen molar-refractivity contribution in [3.05, 3.63) is 60.5 Å². The van der Waals surface area contributed by atoms with Crippen molar-refractivity contribution in [3.8, 4) is 11.4 Å². The second-order valence-electron chi connectivity index (χ2n) is 5.35. The minimum absolute atomic E-state index is 0.125. The maximum Gasteiger partial charge on any atom is 0.231 e. The quantitative estimate of drug-likeness (QED) is 0.497. The van der Waals surface area contributed by atoms with E-state index in [0.717, 1.165) is 17.8 Å². The van der Waals surface area contributed by atoms with Crippen LogP contribution in [-0.2, 0) is 0 Å². The fourth-order valence-corrected chi connectivity index (χ4v) is 2.47. The molecule has 2 heterocycles. The van der Waals surface area contributed by atoms with Gasteiger partial charge in [0.25, 0.3) is 0 Å². The van der Waals surface area contributed by atoms with Crippen molar-refractivity contribution >= 4 is 28.5 Å². The van der Waals surface area contributed by atoms with Gasteiger partial charge in [-0.15, -0.1) is 0 Å². The van der Waals surface area contributed by atoms with Gasteiger partial charge < -0.3 is 16.2 Å². The van der Waals surface area contributed by atoms with E-state index >= 15 is 0 Å². The molecule has 0 amide bonds. The molecular formula is C17H13FN6O. The van der Waals surface area contributed by atoms with Crippen LogP contribution in [-0.4, -0.2) is 24.9 Å². The average Bonchev–Trinajstić information content (AvgIpc) is 3.03. The van der Waals surface area contributed by atoms with Crippen molar-refractivity contribution < 1.29 is 9.50 Å². The third kappa shape index (κ3) is 2.69. The largest absolute Gasteiger partial charge is 0.506 e. The lowest BCUT2D eigenvalue weighted by atomic mass is 10.3. The summed E-state index contributed by atoms with van der Waals surface area (Å²) in [5.74, 6) is -0.266. The minimum atomic E-state index is -0.497. The maximum absolute atomic E-state index is 13.4. The normalized spacial score (nSPS) is 10.9. The standard InChI is InChI=1S/C17H13FN6O/c18-10-6-7-14(25)13(8-10)21-17-22-15(19)12-9-20-24(16(12)23-17)11-4-2-1-3-5-11/h1-9,25H,(H3,19,21,22,23). The summed E-state index contributed by atoms with van der Waals surface area (Å²) in [6.07, 6.45) is 1.58. The molecule has 4 rings (SSSR count). The van der Waals surface area contributed by atoms with Crippen LogP contribution in [0.15, 0.2) is 54.7 Å². The van der Waals surface area contributed by atoms with Crippen molar-refractivity contribution in [2.24, 2.45) is 0 Å². The van der Waals surface area contributed by atoms with Crippen LogP contribution in [0.5, 0.6) is 5.75 Å². The van der Waals surface area contributed by atoms with Gasteiger partial charge in [-0.3, -0.25) is 0 Å². The number of nitrogens with one attached hydrogen (secondary N) is 1. The lowest BCUT2D eigenvalue weighted by Crippen LogP contribution is -2.04. The van der Waals surface area contributed by atoms with Gasteiger partial charge in [0.2, 0.25) is 5.95 Å². The number of nitrogen functional groups attached to an aromatic ring is 1. The Hall–Kier alpha value is -3.68. The van der Waals surface area contributed by atoms with Gasteiger partial charge in [0.15, 0.2) is 5.65 Å². The summed E-state index contributed by atoms with van der Waals surface area (Å²) in [7, 11) is 0. The number of halogens is 1. The Kier molecular flexibility index (Phi) is 3.42. The van der Waals surface area contributed by atoms with Gasteiger partial charge in [-0.25, -0.2) is 9.07 Å². The Bertz CT molecular complexity index is 1060. The first-order chi connectivity index (χ1) is 12.1. The number of rotatable bonds is 3. The van der Waals surface area contributed by atoms with E-state index in [0.29, 0.717) is 11.0 Å². The molecule has 4 N–H and O–H groups in total. The molecule has 0 spiro atoms. The van der Waals surface area contributed by atoms with E-state index in [1.807, 2.05) is 30.3 Å². The number of phenolic OH excluding ortho intramolecular Hbond substituents is 1. The van der Waals surface area contributed by atoms with Crippen molar-refractivity contribution in [1.82, 2.24) is 19.7 Å². The van der Waals surface area contributed by atoms with Crippen LogP contribution < -0.4 is 11.1 Å². The molecule has 0 saturated heterocycles. The fraction of sp³-hybridized carbons (Fsp3) is 0. The Morgan fingerprint density at radius 3 is 2.68 bits per heavy atom. The number of aromatic hydroxyl groups is 1. The van der Waals surface area contributed by atoms with Gasteiger partial charge in [0, 0.05) is 6.07 Å². The third-order valence-corrected chi connectivity index (χ3v) is 3.66. The van der Waals surface area contributed by atoms with Gasteiger partial charge in [-0.1, -0.05) is 18.2 Å². The monoisotopic (exact) mass is 336 g/mol. The molecule has 0 unspecified atom stereocenters. The van der Waals surface area contributed by atoms with Gasteiger partial charge in [0.1, 0.15) is 17.4 Å². The zero-order valence-electron chi connectivity index (χ0n) is 12.9. The van der Waals surface area contributed by atoms with Gasteiger partial charge >= 0.3 is 0 Å². The van der Waals surface area contributed by atoms with Crippen molar-refractivity contribution in [2.75, 3.05) is 11.1 Å². The summed E-state index contributed by atoms with van der Waals surface area (Å²) in [4.78, 5) is 8.55. The molecule has 0 aliphatic carbocycles. The molecule has 0 atom stereocenters. The van der Waals surface area contributed by atoms with E-state index in [2.05, 4.69) is 20.4 Å². The van der Waals surface area contributed by atoms with Crippen LogP contribution in [0.25, 0.3) is 16.7 Å². The number of para-hydroxylation sites is 1. The number of fused-ring (bicyclic) bond motifs is 1. The molecular weight excluding hydrogens is 323 g/mol. The molecule has 0 saturated carbocycles. The third-order valence-electron chi connectivity index (χ3n) is 3.66. The first-order valence-electron chi connectivity index (χ1n) is 7.44. The lowest BCUT2D eigenvalue weighted by molar-refractivity contribution is 0.475. The second-order valence-corrected chi connectivity index (χ2v) is 5.35. The molecule has 124 valence electrons. The molecule has 0 aliphatic rings. The van der Waals surface area contributed by atoms with Crippen LogP contribution in [0.2, 0.25) is 0 Å². The van der Waals surface area contributed by atoms with E-state index < -0.39 is 5.82 Å². The predicted octanol–water partition coefficient (Wildman–Crippen LogP) is 2.99. The number of benzene rings is 2. The van der Waals surface area contributed by atoms with Crippen LogP contribution in [0, 0.1) is 5.82 Å². The number of aromatic nitrogens is 4. The van der Waals surface area contributed by atoms with Crippen LogP contribution in [0.4, 0.5) is 21.8 Å². The zero-order chi connectivity index (χ0) is 17.4. The highest BCUT2D eigenvalue weighted by atomic mass is 19.1. The van der Waals surface area contributed by atoms with Crippen LogP contribution in [0.1, 0.15) is 0 Å². The van der Waals surface area contributed by atoms with Gasteiger partial charge in [-0.2, -0.15) is 15.1 Å². The number of nitrogens with zero attached hydrogens (tertiary/aromatic N) is 4. The Morgan fingerprint density at radius 1 is 1.08 bits per heavy atom. The van der Waals surface area contributed by atoms with Crippen molar-refractivity contribution in [2.45, 2.75) is 0 Å². The maximum atomic E-state index is 13.4. The van der Waals surface area contributed by atoms with Crippen molar-refractivity contribution in [3.63, 3.8) is 0 Å². The van der Waals surface area contributed by atoms with E-state index in [9.17, 15) is 9.50 Å². The topological polar surface area (TPSA) is 102 Å². The predicted molar refractivity (Wildman–Crippen MR) is 92.4 cm³/mol. The molecule has 0 aliphatic heterocycles. The van der Waals surface area contributed by atoms with Crippen LogP contribution in [0.3, 0.4) is 0 Å². The van der Waals surface area contributed by atoms with Crippen LogP contribution >= 0.6 is 0 Å². The second kappa shape index (κ2) is 5.75. The summed E-state index contributed by atoms with van der Waals surface area (Å²) < 4.78 is 15.0. The molecule has 8 heteroatoms. The Balaban J connectivity index is 1.82. The summed E-state index contributed by atoms with van der Waals surface area (Å²) in [5, 5.41) is 17.5. The summed E-state index contributed by atoms with van der Waals surface area (Å²) in [5.41, 5.74) is 7.44. The molecule has 25 heavy (non-hydrogen) atoms. The summed E-state index contributed by atoms with van der Waals surface area (Å²) in [6, 6.07) is 13.0. The van der Waals surface area contributed by atoms with Gasteiger partial charge in [-0.05, 0) is 24.3 Å². The van der Waals surface area contributed by atoms with Gasteiger partial charge in [0.05, 0.1) is 23.0 Å². The lowest BCUT2D eigenvalue weighted by Gasteiger charge is -2.09. The fourth-order valence-electron chi connectivity index (χ4n) is 2.47. The number of phenols is 1. The van der Waals surface area contributed by atoms with E-state index in [1.165, 1.54) is 6.07 Å². The van der Waals surface area contributed by atoms with E-state index in [-0.39, 0.29) is 23.2 Å². The summed E-state index contributed by atoms with van der Waals surface area (Å²) >= 11 is 0. The Labute approximate surface area is 141 Å². The van der Waals surface area contributed by atoms with E-state index in [1.54, 1.807) is 10.9 Å². The number of nitrogens with two attached hydrogens (primary N) is 1. The molecule has 0 radical (unpaired) electrons. The number of hydrogen-bond acceptors (Lipinski definition) is 6. The first-order valence-corrected chi connectivity index (χ1v) is 7.44. The smallest absolute Gasteiger partial charge is 0.231 e. The minimum Gasteiger partial charge on any atom is -0.506 e. The number of hydrogen-bond donors (Lipinski definition) is 3. The average molecular weight is 336 g/mol. The SMILES string of the molecule is Nc1nc(Nc2cc(F)ccc2O)nc2c1cnn2-c1ccccc1. The zero-order valence-corrected chi connectivity index (χ0v) is 12.9. The van der Waals surface area contributed by atoms with Crippen molar-refractivity contribution in [1.29, 1.82) is 0 Å². The molecule has 2 aromatic heterocycles. The number of anilines is 3. The highest BCUT2D eigenvalue weighted by Crippen LogP contribution is 2.28. The molecule has 2 aromatic carbocycles. The summed E-state index contributed by atoms with van der Waals surface area (Å²) in [6.45, 7) is 0. The molecule has 7 nitrogen and oxygen atoms in total. The molecule has 0 bridgehead atoms. The first kappa shape index (κ1) is 14.9. The molecule has 4 aromatic rings.